The molecular formula is C64H116CoN6O8+2. The van der Waals surface area contributed by atoms with Gasteiger partial charge >= 0.3 is 0 Å². The molecule has 1 saturated carbocycles. The van der Waals surface area contributed by atoms with E-state index in [1.165, 1.54) is 201 Å². The number of hydrogen-bond acceptors (Lipinski definition) is 8. The van der Waals surface area contributed by atoms with Crippen LogP contribution in [-0.4, -0.2) is 117 Å². The third-order valence-electron chi connectivity index (χ3n) is 17.4. The molecule has 79 heavy (non-hydrogen) atoms. The number of unbranched alkanes of at least 4 members (excludes halogenated alkanes) is 8. The van der Waals surface area contributed by atoms with Crippen molar-refractivity contribution in [2.24, 2.45) is 9.98 Å². The van der Waals surface area contributed by atoms with E-state index in [1.54, 1.807) is 0 Å². The van der Waals surface area contributed by atoms with Crippen molar-refractivity contribution >= 4 is 12.4 Å². The Morgan fingerprint density at radius 2 is 0.734 bits per heavy atom. The zero-order valence-electron chi connectivity index (χ0n) is 52.1. The predicted octanol–water partition coefficient (Wildman–Crippen LogP) is 16.8. The van der Waals surface area contributed by atoms with Gasteiger partial charge in [0.05, 0.1) is 64.4 Å². The van der Waals surface area contributed by atoms with Gasteiger partial charge in [0.1, 0.15) is 11.5 Å². The number of phenols is 2. The van der Waals surface area contributed by atoms with Gasteiger partial charge < -0.3 is 29.6 Å². The molecule has 3 rings (SSSR count). The molecule has 1 aliphatic carbocycles. The Bertz CT molecular complexity index is 1920. The number of rotatable bonds is 38. The number of phenolic OH excluding ortho intramolecular Hbond substituents is 2. The quantitative estimate of drug-likeness (QED) is 0.0221. The number of benzene rings is 2. The number of aromatic hydroxyl groups is 2. The SMILES string of the molecule is CCCCC(C)(CCCC)c1cc(C)c(O)c(C=N[C@@H]2CCCC[C@H]2N=Cc2cc(C(C)(CCC[N+](CCCC)(CCCC)CCCC)CCC[N+](CCCC)(CCCC)CCCC)cc(C)c2O)c1.O=[N+]([O-])O.O=[N+]([O-])O.[Co]. The van der Waals surface area contributed by atoms with Gasteiger partial charge in [-0.05, 0) is 149 Å². The van der Waals surface area contributed by atoms with Crippen LogP contribution in [0.3, 0.4) is 0 Å². The van der Waals surface area contributed by atoms with Crippen molar-refractivity contribution in [3.05, 3.63) is 77.9 Å². The minimum atomic E-state index is -1.50. The average Bonchev–Trinajstić information content (AvgIpc) is 3.43. The Morgan fingerprint density at radius 3 is 0.987 bits per heavy atom. The molecule has 457 valence electrons. The van der Waals surface area contributed by atoms with E-state index in [2.05, 4.69) is 100 Å². The molecule has 14 nitrogen and oxygen atoms in total. The Morgan fingerprint density at radius 1 is 0.494 bits per heavy atom. The Hall–Kier alpha value is -3.79. The van der Waals surface area contributed by atoms with E-state index in [0.717, 1.165) is 60.8 Å². The van der Waals surface area contributed by atoms with Crippen LogP contribution in [0.2, 0.25) is 0 Å². The van der Waals surface area contributed by atoms with E-state index >= 15 is 0 Å². The fraction of sp³-hybridized carbons (Fsp3) is 0.781. The summed E-state index contributed by atoms with van der Waals surface area (Å²) in [6, 6.07) is 9.18. The minimum Gasteiger partial charge on any atom is -0.507 e. The fourth-order valence-electron chi connectivity index (χ4n) is 12.2. The molecule has 0 heterocycles. The van der Waals surface area contributed by atoms with Crippen molar-refractivity contribution in [3.63, 3.8) is 0 Å². The van der Waals surface area contributed by atoms with E-state index in [4.69, 9.17) is 40.6 Å². The second kappa shape index (κ2) is 41.2. The van der Waals surface area contributed by atoms with Gasteiger partial charge in [0, 0.05) is 40.3 Å². The zero-order valence-corrected chi connectivity index (χ0v) is 53.1. The molecule has 0 amide bonds. The maximum absolute atomic E-state index is 11.8. The van der Waals surface area contributed by atoms with Crippen LogP contribution >= 0.6 is 0 Å². The van der Waals surface area contributed by atoms with Gasteiger partial charge in [-0.3, -0.25) is 9.98 Å². The number of nitrogens with zero attached hydrogens (tertiary/aromatic N) is 6. The molecule has 2 aromatic rings. The molecule has 15 heteroatoms. The largest absolute Gasteiger partial charge is 0.507 e. The summed E-state index contributed by atoms with van der Waals surface area (Å²) in [4.78, 5) is 27.3. The van der Waals surface area contributed by atoms with E-state index in [0.29, 0.717) is 11.5 Å². The van der Waals surface area contributed by atoms with Crippen LogP contribution in [0.5, 0.6) is 11.5 Å². The van der Waals surface area contributed by atoms with Gasteiger partial charge in [0.25, 0.3) is 10.2 Å². The first-order valence-electron chi connectivity index (χ1n) is 31.2. The second-order valence-corrected chi connectivity index (χ2v) is 24.0. The first-order chi connectivity index (χ1) is 37.1. The van der Waals surface area contributed by atoms with Crippen molar-refractivity contribution in [2.45, 2.75) is 273 Å². The standard InChI is InChI=1S/C64H112N4O2.Co.2HNO3/c1-13-21-35-63(11,36-22-14-2)57-47-53(9)61(69)55(49-57)51-65-59-33-29-30-34-60(59)66-52-56-50-58(48-54(10)62(56)70)64(12,37-31-45-67(39-23-15-3,40-24-16-4)41-25-17-5)38-32-46-68(42-26-18-6,43-27-19-7)44-28-20-8;;2*2-1(3)4/h47-52,59-60H,13-46H2,1-12H3;;2*(H,2,3,4)/p+2/t59-,60-;;;/m1.../s1. The molecule has 0 aliphatic heterocycles. The summed E-state index contributed by atoms with van der Waals surface area (Å²) in [5.74, 6) is 0.706. The van der Waals surface area contributed by atoms with Gasteiger partial charge in [0.2, 0.25) is 0 Å². The molecular weight excluding hydrogens is 1040 g/mol. The maximum Gasteiger partial charge on any atom is 0.291 e. The summed E-state index contributed by atoms with van der Waals surface area (Å²) in [7, 11) is 0. The molecule has 1 radical (unpaired) electrons. The summed E-state index contributed by atoms with van der Waals surface area (Å²) in [6.45, 7) is 38.3. The third kappa shape index (κ3) is 28.2. The molecule has 0 bridgehead atoms. The number of quaternary nitrogens is 2. The van der Waals surface area contributed by atoms with Crippen molar-refractivity contribution in [1.29, 1.82) is 0 Å². The van der Waals surface area contributed by atoms with E-state index < -0.39 is 10.2 Å². The Kier molecular flexibility index (Phi) is 39.3. The monoisotopic (exact) mass is 1160 g/mol. The second-order valence-electron chi connectivity index (χ2n) is 24.0. The maximum atomic E-state index is 11.8. The topological polar surface area (TPSA) is 192 Å². The van der Waals surface area contributed by atoms with Crippen LogP contribution in [0, 0.1) is 34.1 Å². The fourth-order valence-corrected chi connectivity index (χ4v) is 12.2. The summed E-state index contributed by atoms with van der Waals surface area (Å²) in [5, 5.41) is 50.5. The van der Waals surface area contributed by atoms with Gasteiger partial charge in [-0.1, -0.05) is 158 Å². The van der Waals surface area contributed by atoms with Crippen LogP contribution in [0.25, 0.3) is 0 Å². The van der Waals surface area contributed by atoms with Crippen LogP contribution in [0.15, 0.2) is 34.3 Å². The van der Waals surface area contributed by atoms with Crippen LogP contribution < -0.4 is 0 Å². The van der Waals surface area contributed by atoms with E-state index in [1.807, 2.05) is 19.4 Å². The summed E-state index contributed by atoms with van der Waals surface area (Å²) in [5.41, 5.74) is 6.34. The van der Waals surface area contributed by atoms with Gasteiger partial charge in [-0.15, -0.1) is 20.2 Å². The molecule has 0 saturated heterocycles. The first kappa shape index (κ1) is 75.2. The molecule has 0 aromatic heterocycles. The number of aliphatic imine (C=N–C) groups is 2. The molecule has 0 spiro atoms. The Labute approximate surface area is 491 Å². The molecule has 4 N–H and O–H groups in total. The summed E-state index contributed by atoms with van der Waals surface area (Å²) >= 11 is 0. The summed E-state index contributed by atoms with van der Waals surface area (Å²) < 4.78 is 2.58. The molecule has 2 aromatic carbocycles. The smallest absolute Gasteiger partial charge is 0.291 e. The Balaban J connectivity index is 0.00000630. The van der Waals surface area contributed by atoms with Crippen molar-refractivity contribution in [3.8, 4) is 11.5 Å². The minimum absolute atomic E-state index is 0. The molecule has 1 fully saturated rings. The van der Waals surface area contributed by atoms with Gasteiger partial charge in [-0.25, -0.2) is 0 Å². The third-order valence-corrected chi connectivity index (χ3v) is 17.4. The average molecular weight is 1160 g/mol. The van der Waals surface area contributed by atoms with E-state index in [9.17, 15) is 10.2 Å². The molecule has 2 atom stereocenters. The van der Waals surface area contributed by atoms with Crippen LogP contribution in [-0.2, 0) is 27.6 Å². The number of hydrogen-bond donors (Lipinski definition) is 4. The molecule has 1 aliphatic rings. The van der Waals surface area contributed by atoms with Crippen LogP contribution in [0.4, 0.5) is 0 Å². The molecule has 0 unspecified atom stereocenters. The predicted molar refractivity (Wildman–Crippen MR) is 326 cm³/mol. The van der Waals surface area contributed by atoms with Crippen molar-refractivity contribution < 1.29 is 56.5 Å². The zero-order chi connectivity index (χ0) is 58.6. The van der Waals surface area contributed by atoms with Crippen LogP contribution in [0.1, 0.15) is 270 Å². The summed E-state index contributed by atoms with van der Waals surface area (Å²) in [6.07, 6.45) is 35.6. The van der Waals surface area contributed by atoms with Gasteiger partial charge in [-0.2, -0.15) is 0 Å². The van der Waals surface area contributed by atoms with Gasteiger partial charge in [0.15, 0.2) is 0 Å². The van der Waals surface area contributed by atoms with E-state index in [-0.39, 0.29) is 39.7 Å². The first-order valence-corrected chi connectivity index (χ1v) is 31.2. The number of aryl methyl sites for hydroxylation is 2. The van der Waals surface area contributed by atoms with Crippen molar-refractivity contribution in [1.82, 2.24) is 0 Å². The normalized spacial score (nSPS) is 15.1. The van der Waals surface area contributed by atoms with Crippen molar-refractivity contribution in [2.75, 3.05) is 52.4 Å².